The Balaban J connectivity index is 1.93. The van der Waals surface area contributed by atoms with Crippen molar-refractivity contribution in [2.75, 3.05) is 5.75 Å². The molecule has 0 spiro atoms. The second-order valence-electron chi connectivity index (χ2n) is 3.50. The summed E-state index contributed by atoms with van der Waals surface area (Å²) in [6.07, 6.45) is 3.85. The molecule has 1 aliphatic rings. The van der Waals surface area contributed by atoms with Crippen LogP contribution in [-0.4, -0.2) is 26.7 Å². The van der Waals surface area contributed by atoms with Gasteiger partial charge in [-0.1, -0.05) is 11.8 Å². The molecule has 0 aliphatic carbocycles. The minimum absolute atomic E-state index is 0.549. The molecular weight excluding hydrogens is 196 g/mol. The maximum Gasteiger partial charge on any atom is 0.157 e. The van der Waals surface area contributed by atoms with E-state index in [-0.39, 0.29) is 0 Å². The summed E-state index contributed by atoms with van der Waals surface area (Å²) in [5.41, 5.74) is 1.15. The summed E-state index contributed by atoms with van der Waals surface area (Å²) in [5, 5.41) is 8.47. The molecule has 4 nitrogen and oxygen atoms in total. The van der Waals surface area contributed by atoms with E-state index in [1.54, 1.807) is 16.4 Å². The van der Waals surface area contributed by atoms with Gasteiger partial charge in [-0.25, -0.2) is 0 Å². The fourth-order valence-corrected chi connectivity index (χ4v) is 2.24. The van der Waals surface area contributed by atoms with E-state index in [0.29, 0.717) is 6.04 Å². The zero-order valence-electron chi connectivity index (χ0n) is 8.40. The molecule has 0 bridgehead atoms. The number of thioether (sulfide) groups is 1. The smallest absolute Gasteiger partial charge is 0.157 e. The molecule has 1 unspecified atom stereocenters. The Morgan fingerprint density at radius 1 is 1.79 bits per heavy atom. The molecule has 14 heavy (non-hydrogen) atoms. The van der Waals surface area contributed by atoms with Crippen molar-refractivity contribution in [1.82, 2.24) is 15.1 Å². The van der Waals surface area contributed by atoms with Crippen molar-refractivity contribution < 1.29 is 0 Å². The highest BCUT2D eigenvalue weighted by Crippen LogP contribution is 2.13. The molecule has 0 amide bonds. The van der Waals surface area contributed by atoms with Crippen LogP contribution in [0.4, 0.5) is 0 Å². The first-order valence-corrected chi connectivity index (χ1v) is 5.64. The van der Waals surface area contributed by atoms with Crippen LogP contribution in [-0.2, 0) is 13.6 Å². The van der Waals surface area contributed by atoms with Crippen LogP contribution in [0.15, 0.2) is 17.4 Å². The second kappa shape index (κ2) is 4.04. The van der Waals surface area contributed by atoms with Crippen molar-refractivity contribution in [3.63, 3.8) is 0 Å². The monoisotopic (exact) mass is 210 g/mol. The summed E-state index contributed by atoms with van der Waals surface area (Å²) in [4.78, 5) is 4.47. The molecule has 2 heterocycles. The lowest BCUT2D eigenvalue weighted by atomic mass is 10.4. The zero-order chi connectivity index (χ0) is 9.97. The van der Waals surface area contributed by atoms with Crippen LogP contribution in [0.3, 0.4) is 0 Å². The normalized spacial score (nSPS) is 24.1. The number of aromatic nitrogens is 2. The van der Waals surface area contributed by atoms with Gasteiger partial charge >= 0.3 is 0 Å². The predicted octanol–water partition coefficient (Wildman–Crippen LogP) is 1.00. The molecule has 0 aromatic carbocycles. The molecule has 1 saturated heterocycles. The van der Waals surface area contributed by atoms with E-state index >= 15 is 0 Å². The van der Waals surface area contributed by atoms with Crippen LogP contribution < -0.4 is 5.32 Å². The summed E-state index contributed by atoms with van der Waals surface area (Å²) >= 11 is 1.79. The number of aliphatic imine (C=N–C) groups is 1. The zero-order valence-corrected chi connectivity index (χ0v) is 9.21. The van der Waals surface area contributed by atoms with Gasteiger partial charge in [0.05, 0.1) is 12.7 Å². The van der Waals surface area contributed by atoms with Gasteiger partial charge in [-0.05, 0) is 6.92 Å². The number of hydrogen-bond acceptors (Lipinski definition) is 3. The molecule has 2 rings (SSSR count). The van der Waals surface area contributed by atoms with Crippen molar-refractivity contribution in [2.45, 2.75) is 19.5 Å². The Kier molecular flexibility index (Phi) is 2.77. The standard InChI is InChI=1S/C9H14N4S/c1-7-6-14-9(12-7)10-3-8-4-11-13(2)5-8/h4-5,7H,3,6H2,1-2H3,(H,10,12). The van der Waals surface area contributed by atoms with Gasteiger partial charge in [0.15, 0.2) is 5.17 Å². The van der Waals surface area contributed by atoms with Gasteiger partial charge in [0.1, 0.15) is 0 Å². The average Bonchev–Trinajstić information content (AvgIpc) is 2.72. The van der Waals surface area contributed by atoms with Gasteiger partial charge in [0, 0.05) is 30.6 Å². The number of aryl methyl sites for hydroxylation is 1. The van der Waals surface area contributed by atoms with Crippen LogP contribution in [0.2, 0.25) is 0 Å². The molecule has 0 saturated carbocycles. The third-order valence-electron chi connectivity index (χ3n) is 2.00. The highest BCUT2D eigenvalue weighted by Gasteiger charge is 2.14. The van der Waals surface area contributed by atoms with Crippen molar-refractivity contribution in [2.24, 2.45) is 12.0 Å². The number of hydrogen-bond donors (Lipinski definition) is 1. The van der Waals surface area contributed by atoms with Crippen LogP contribution in [0, 0.1) is 0 Å². The van der Waals surface area contributed by atoms with Crippen molar-refractivity contribution in [3.8, 4) is 0 Å². The molecule has 1 aliphatic heterocycles. The largest absolute Gasteiger partial charge is 0.362 e. The van der Waals surface area contributed by atoms with E-state index in [9.17, 15) is 0 Å². The van der Waals surface area contributed by atoms with Gasteiger partial charge in [0.25, 0.3) is 0 Å². The molecule has 1 atom stereocenters. The van der Waals surface area contributed by atoms with E-state index in [1.165, 1.54) is 0 Å². The Labute approximate surface area is 87.8 Å². The van der Waals surface area contributed by atoms with Gasteiger partial charge < -0.3 is 5.32 Å². The highest BCUT2D eigenvalue weighted by atomic mass is 32.2. The number of amidine groups is 1. The van der Waals surface area contributed by atoms with Crippen molar-refractivity contribution in [1.29, 1.82) is 0 Å². The SMILES string of the molecule is CC1CSC(=NCc2cnn(C)c2)N1. The second-order valence-corrected chi connectivity index (χ2v) is 4.51. The minimum Gasteiger partial charge on any atom is -0.362 e. The number of rotatable bonds is 2. The Hall–Kier alpha value is -0.970. The minimum atomic E-state index is 0.549. The summed E-state index contributed by atoms with van der Waals surface area (Å²) in [5.74, 6) is 1.12. The summed E-state index contributed by atoms with van der Waals surface area (Å²) in [6, 6.07) is 0.549. The fraction of sp³-hybridized carbons (Fsp3) is 0.556. The summed E-state index contributed by atoms with van der Waals surface area (Å²) in [6.45, 7) is 2.88. The molecule has 5 heteroatoms. The Morgan fingerprint density at radius 2 is 2.64 bits per heavy atom. The number of nitrogens with zero attached hydrogens (tertiary/aromatic N) is 3. The fourth-order valence-electron chi connectivity index (χ4n) is 1.31. The average molecular weight is 210 g/mol. The third kappa shape index (κ3) is 2.29. The van der Waals surface area contributed by atoms with Gasteiger partial charge in [-0.15, -0.1) is 0 Å². The summed E-state index contributed by atoms with van der Waals surface area (Å²) in [7, 11) is 1.92. The van der Waals surface area contributed by atoms with Crippen molar-refractivity contribution in [3.05, 3.63) is 18.0 Å². The molecule has 1 fully saturated rings. The van der Waals surface area contributed by atoms with Crippen LogP contribution in [0.25, 0.3) is 0 Å². The van der Waals surface area contributed by atoms with Gasteiger partial charge in [0.2, 0.25) is 0 Å². The topological polar surface area (TPSA) is 42.2 Å². The van der Waals surface area contributed by atoms with Gasteiger partial charge in [-0.2, -0.15) is 5.10 Å². The first-order chi connectivity index (χ1) is 6.74. The summed E-state index contributed by atoms with van der Waals surface area (Å²) < 4.78 is 1.80. The molecule has 76 valence electrons. The number of nitrogens with one attached hydrogen (secondary N) is 1. The van der Waals surface area contributed by atoms with E-state index in [2.05, 4.69) is 22.3 Å². The molecule has 1 aromatic rings. The van der Waals surface area contributed by atoms with Gasteiger partial charge in [-0.3, -0.25) is 9.67 Å². The van der Waals surface area contributed by atoms with Crippen LogP contribution >= 0.6 is 11.8 Å². The quantitative estimate of drug-likeness (QED) is 0.792. The predicted molar refractivity (Wildman–Crippen MR) is 59.4 cm³/mol. The third-order valence-corrected chi connectivity index (χ3v) is 3.19. The molecule has 1 aromatic heterocycles. The Bertz CT molecular complexity index is 344. The maximum absolute atomic E-state index is 4.47. The van der Waals surface area contributed by atoms with Crippen molar-refractivity contribution >= 4 is 16.9 Å². The van der Waals surface area contributed by atoms with E-state index < -0.39 is 0 Å². The van der Waals surface area contributed by atoms with E-state index in [1.807, 2.05) is 19.4 Å². The van der Waals surface area contributed by atoms with Crippen LogP contribution in [0.5, 0.6) is 0 Å². The lowest BCUT2D eigenvalue weighted by Gasteiger charge is -1.99. The van der Waals surface area contributed by atoms with E-state index in [4.69, 9.17) is 0 Å². The Morgan fingerprint density at radius 3 is 3.21 bits per heavy atom. The maximum atomic E-state index is 4.47. The first-order valence-electron chi connectivity index (χ1n) is 4.65. The molecule has 0 radical (unpaired) electrons. The molecule has 1 N–H and O–H groups in total. The lowest BCUT2D eigenvalue weighted by molar-refractivity contribution is 0.763. The van der Waals surface area contributed by atoms with Crippen LogP contribution in [0.1, 0.15) is 12.5 Å². The lowest BCUT2D eigenvalue weighted by Crippen LogP contribution is -2.23. The first kappa shape index (κ1) is 9.58. The van der Waals surface area contributed by atoms with E-state index in [0.717, 1.165) is 23.0 Å². The molecular formula is C9H14N4S. The highest BCUT2D eigenvalue weighted by molar-refractivity contribution is 8.14.